The summed E-state index contributed by atoms with van der Waals surface area (Å²) in [5, 5.41) is 18.9. The van der Waals surface area contributed by atoms with E-state index in [0.717, 1.165) is 0 Å². The van der Waals surface area contributed by atoms with Gasteiger partial charge < -0.3 is 24.4 Å². The largest absolute Gasteiger partial charge is 0.463 e. The average molecular weight is 334 g/mol. The molecule has 23 heavy (non-hydrogen) atoms. The third-order valence-electron chi connectivity index (χ3n) is 2.28. The highest BCUT2D eigenvalue weighted by Crippen LogP contribution is 1.96. The van der Waals surface area contributed by atoms with E-state index in [1.807, 2.05) is 0 Å². The van der Waals surface area contributed by atoms with Gasteiger partial charge in [0.15, 0.2) is 0 Å². The number of carbonyl (C=O) groups is 4. The Bertz CT molecular complexity index is 380. The molecule has 0 rings (SSSR count). The lowest BCUT2D eigenvalue weighted by Gasteiger charge is -2.14. The lowest BCUT2D eigenvalue weighted by molar-refractivity contribution is -0.150. The third kappa shape index (κ3) is 13.5. The van der Waals surface area contributed by atoms with E-state index in [0.29, 0.717) is 0 Å². The van der Waals surface area contributed by atoms with Crippen LogP contribution in [-0.2, 0) is 33.4 Å². The smallest absolute Gasteiger partial charge is 0.313 e. The molecule has 0 saturated carbocycles. The maximum absolute atomic E-state index is 11.1. The summed E-state index contributed by atoms with van der Waals surface area (Å²) in [6.07, 6.45) is -2.95. The molecule has 9 heteroatoms. The number of ether oxygens (including phenoxy) is 3. The Morgan fingerprint density at radius 1 is 0.739 bits per heavy atom. The zero-order valence-electron chi connectivity index (χ0n) is 13.1. The molecule has 0 aromatic rings. The molecule has 0 aromatic carbocycles. The molecule has 2 unspecified atom stereocenters. The highest BCUT2D eigenvalue weighted by Gasteiger charge is 2.14. The molecular formula is C14H22O9. The minimum absolute atomic E-state index is 0.216. The summed E-state index contributed by atoms with van der Waals surface area (Å²) in [6.45, 7) is 1.38. The van der Waals surface area contributed by atoms with E-state index >= 15 is 0 Å². The maximum Gasteiger partial charge on any atom is 0.313 e. The average Bonchev–Trinajstić information content (AvgIpc) is 2.41. The van der Waals surface area contributed by atoms with Crippen LogP contribution >= 0.6 is 0 Å². The quantitative estimate of drug-likeness (QED) is 0.332. The fourth-order valence-electron chi connectivity index (χ4n) is 1.32. The van der Waals surface area contributed by atoms with E-state index in [4.69, 9.17) is 4.74 Å². The van der Waals surface area contributed by atoms with Crippen molar-refractivity contribution in [3.05, 3.63) is 0 Å². The summed E-state index contributed by atoms with van der Waals surface area (Å²) < 4.78 is 14.2. The molecule has 2 N–H and O–H groups in total. The zero-order valence-corrected chi connectivity index (χ0v) is 13.1. The molecule has 132 valence electrons. The first-order valence-corrected chi connectivity index (χ1v) is 6.94. The van der Waals surface area contributed by atoms with Crippen LogP contribution in [0.3, 0.4) is 0 Å². The predicted octanol–water partition coefficient (Wildman–Crippen LogP) is -1.23. The van der Waals surface area contributed by atoms with Gasteiger partial charge in [0.2, 0.25) is 0 Å². The molecular weight excluding hydrogens is 312 g/mol. The van der Waals surface area contributed by atoms with Crippen molar-refractivity contribution >= 4 is 23.5 Å². The van der Waals surface area contributed by atoms with E-state index in [2.05, 4.69) is 9.47 Å². The number of esters is 2. The Morgan fingerprint density at radius 2 is 1.09 bits per heavy atom. The fraction of sp³-hybridized carbons (Fsp3) is 0.714. The van der Waals surface area contributed by atoms with Crippen LogP contribution in [0.1, 0.15) is 26.7 Å². The number of Topliss-reactive ketones (excluding diaryl/α,β-unsaturated/α-hetero) is 2. The van der Waals surface area contributed by atoms with E-state index in [1.165, 1.54) is 13.8 Å². The summed E-state index contributed by atoms with van der Waals surface area (Å²) in [5.41, 5.74) is 0. The monoisotopic (exact) mass is 334 g/mol. The summed E-state index contributed by atoms with van der Waals surface area (Å²) >= 11 is 0. The van der Waals surface area contributed by atoms with Crippen molar-refractivity contribution in [2.45, 2.75) is 38.9 Å². The van der Waals surface area contributed by atoms with Crippen molar-refractivity contribution in [2.75, 3.05) is 26.4 Å². The summed E-state index contributed by atoms with van der Waals surface area (Å²) in [5.74, 6) is -2.17. The molecule has 0 aliphatic heterocycles. The summed E-state index contributed by atoms with van der Waals surface area (Å²) in [4.78, 5) is 43.4. The first kappa shape index (κ1) is 21.2. The molecule has 2 atom stereocenters. The third-order valence-corrected chi connectivity index (χ3v) is 2.28. The van der Waals surface area contributed by atoms with Crippen molar-refractivity contribution in [3.8, 4) is 0 Å². The van der Waals surface area contributed by atoms with Crippen LogP contribution in [0.25, 0.3) is 0 Å². The standard InChI is InChI=1S/C14H22O9/c1-9(15)3-13(19)22-7-11(17)5-21-6-12(18)8-23-14(20)4-10(2)16/h11-12,17-18H,3-8H2,1-2H3. The molecule has 0 aromatic heterocycles. The minimum Gasteiger partial charge on any atom is -0.463 e. The van der Waals surface area contributed by atoms with Gasteiger partial charge in [0.05, 0.1) is 13.2 Å². The van der Waals surface area contributed by atoms with Crippen LogP contribution in [-0.4, -0.2) is 72.4 Å². The molecule has 0 aliphatic carbocycles. The van der Waals surface area contributed by atoms with Gasteiger partial charge in [0, 0.05) is 0 Å². The zero-order chi connectivity index (χ0) is 17.8. The molecule has 0 radical (unpaired) electrons. The molecule has 0 heterocycles. The number of aliphatic hydroxyl groups is 2. The van der Waals surface area contributed by atoms with Gasteiger partial charge in [0.1, 0.15) is 49.8 Å². The highest BCUT2D eigenvalue weighted by molar-refractivity contribution is 5.94. The van der Waals surface area contributed by atoms with E-state index in [1.54, 1.807) is 0 Å². The summed E-state index contributed by atoms with van der Waals surface area (Å²) in [6, 6.07) is 0. The number of ketones is 2. The molecule has 0 fully saturated rings. The molecule has 0 aliphatic rings. The summed E-state index contributed by atoms with van der Waals surface area (Å²) in [7, 11) is 0. The number of hydrogen-bond acceptors (Lipinski definition) is 9. The van der Waals surface area contributed by atoms with Gasteiger partial charge in [-0.25, -0.2) is 0 Å². The van der Waals surface area contributed by atoms with Crippen molar-refractivity contribution in [2.24, 2.45) is 0 Å². The molecule has 0 amide bonds. The Kier molecular flexibility index (Phi) is 10.8. The second-order valence-electron chi connectivity index (χ2n) is 4.97. The number of aliphatic hydroxyl groups excluding tert-OH is 2. The molecule has 9 nitrogen and oxygen atoms in total. The van der Waals surface area contributed by atoms with Crippen LogP contribution in [0.2, 0.25) is 0 Å². The van der Waals surface area contributed by atoms with Gasteiger partial charge in [-0.2, -0.15) is 0 Å². The van der Waals surface area contributed by atoms with Gasteiger partial charge in [-0.05, 0) is 13.8 Å². The van der Waals surface area contributed by atoms with Crippen LogP contribution < -0.4 is 0 Å². The van der Waals surface area contributed by atoms with E-state index in [-0.39, 0.29) is 50.8 Å². The lowest BCUT2D eigenvalue weighted by atomic mass is 10.3. The van der Waals surface area contributed by atoms with Crippen LogP contribution in [0.15, 0.2) is 0 Å². The number of rotatable bonds is 12. The topological polar surface area (TPSA) is 136 Å². The normalized spacial score (nSPS) is 13.0. The Labute approximate surface area is 133 Å². The van der Waals surface area contributed by atoms with Gasteiger partial charge >= 0.3 is 11.9 Å². The second-order valence-corrected chi connectivity index (χ2v) is 4.97. The van der Waals surface area contributed by atoms with Gasteiger partial charge in [-0.15, -0.1) is 0 Å². The number of hydrogen-bond donors (Lipinski definition) is 2. The Morgan fingerprint density at radius 3 is 1.39 bits per heavy atom. The first-order valence-electron chi connectivity index (χ1n) is 6.94. The van der Waals surface area contributed by atoms with Crippen molar-refractivity contribution in [1.29, 1.82) is 0 Å². The van der Waals surface area contributed by atoms with Crippen LogP contribution in [0.5, 0.6) is 0 Å². The Hall–Kier alpha value is -1.84. The second kappa shape index (κ2) is 11.7. The van der Waals surface area contributed by atoms with Crippen molar-refractivity contribution in [3.63, 3.8) is 0 Å². The fourth-order valence-corrected chi connectivity index (χ4v) is 1.32. The SMILES string of the molecule is CC(=O)CC(=O)OCC(O)COCC(O)COC(=O)CC(C)=O. The highest BCUT2D eigenvalue weighted by atomic mass is 16.6. The van der Waals surface area contributed by atoms with Gasteiger partial charge in [-0.3, -0.25) is 19.2 Å². The molecule has 0 saturated heterocycles. The lowest BCUT2D eigenvalue weighted by Crippen LogP contribution is -2.29. The van der Waals surface area contributed by atoms with E-state index in [9.17, 15) is 29.4 Å². The molecule has 0 spiro atoms. The van der Waals surface area contributed by atoms with Crippen LogP contribution in [0, 0.1) is 0 Å². The maximum atomic E-state index is 11.1. The Balaban J connectivity index is 3.72. The minimum atomic E-state index is -1.11. The van der Waals surface area contributed by atoms with Crippen LogP contribution in [0.4, 0.5) is 0 Å². The molecule has 0 bridgehead atoms. The van der Waals surface area contributed by atoms with Crippen molar-refractivity contribution in [1.82, 2.24) is 0 Å². The van der Waals surface area contributed by atoms with Gasteiger partial charge in [0.25, 0.3) is 0 Å². The van der Waals surface area contributed by atoms with E-state index < -0.39 is 24.1 Å². The van der Waals surface area contributed by atoms with Gasteiger partial charge in [-0.1, -0.05) is 0 Å². The van der Waals surface area contributed by atoms with Crippen molar-refractivity contribution < 1.29 is 43.6 Å². The predicted molar refractivity (Wildman–Crippen MR) is 75.3 cm³/mol. The number of carbonyl (C=O) groups excluding carboxylic acids is 4. The first-order chi connectivity index (χ1) is 10.7.